The molecule has 29 heavy (non-hydrogen) atoms. The molecule has 2 aromatic rings. The first-order valence-corrected chi connectivity index (χ1v) is 9.02. The minimum Gasteiger partial charge on any atom is -0.480 e. The van der Waals surface area contributed by atoms with Gasteiger partial charge in [-0.2, -0.15) is 0 Å². The van der Waals surface area contributed by atoms with Crippen LogP contribution in [0, 0.1) is 12.3 Å². The average molecular weight is 396 g/mol. The topological polar surface area (TPSA) is 137 Å². The summed E-state index contributed by atoms with van der Waals surface area (Å²) in [4.78, 5) is 34.7. The molecular formula is C21H24N4O4. The Bertz CT molecular complexity index is 914. The maximum Gasteiger partial charge on any atom is 0.327 e. The van der Waals surface area contributed by atoms with Crippen LogP contribution in [0.25, 0.3) is 0 Å². The van der Waals surface area contributed by atoms with E-state index in [1.54, 1.807) is 6.92 Å². The summed E-state index contributed by atoms with van der Waals surface area (Å²) in [6.07, 6.45) is -0.123. The second-order valence-corrected chi connectivity index (χ2v) is 6.69. The summed E-state index contributed by atoms with van der Waals surface area (Å²) in [6.45, 7) is 3.75. The lowest BCUT2D eigenvalue weighted by molar-refractivity contribution is -0.157. The molecule has 1 saturated heterocycles. The van der Waals surface area contributed by atoms with E-state index in [0.29, 0.717) is 0 Å². The lowest BCUT2D eigenvalue weighted by atomic mass is 10.0. The lowest BCUT2D eigenvalue weighted by Crippen LogP contribution is -2.61. The number of aryl methyl sites for hydroxylation is 1. The van der Waals surface area contributed by atoms with Gasteiger partial charge in [-0.3, -0.25) is 10.2 Å². The maximum absolute atomic E-state index is 11.9. The molecule has 0 saturated carbocycles. The summed E-state index contributed by atoms with van der Waals surface area (Å²) in [5.41, 5.74) is 8.07. The third kappa shape index (κ3) is 5.65. The number of nitrogens with two attached hydrogens (primary N) is 1. The van der Waals surface area contributed by atoms with E-state index >= 15 is 0 Å². The van der Waals surface area contributed by atoms with Crippen LogP contribution in [-0.4, -0.2) is 39.8 Å². The van der Waals surface area contributed by atoms with E-state index in [1.807, 2.05) is 61.5 Å². The van der Waals surface area contributed by atoms with Crippen LogP contribution in [0.4, 0.5) is 4.79 Å². The van der Waals surface area contributed by atoms with E-state index in [1.165, 1.54) is 0 Å². The summed E-state index contributed by atoms with van der Waals surface area (Å²) in [7, 11) is 0. The molecule has 1 aliphatic rings. The van der Waals surface area contributed by atoms with Gasteiger partial charge in [-0.15, -0.1) is 0 Å². The maximum atomic E-state index is 11.9. The number of carboxylic acid groups (broad SMARTS) is 1. The Hall–Kier alpha value is -3.68. The summed E-state index contributed by atoms with van der Waals surface area (Å²) in [5.74, 6) is -1.50. The molecular weight excluding hydrogens is 372 g/mol. The third-order valence-electron chi connectivity index (χ3n) is 4.42. The van der Waals surface area contributed by atoms with Crippen LogP contribution < -0.4 is 11.1 Å². The number of amides is 3. The van der Waals surface area contributed by atoms with Crippen LogP contribution >= 0.6 is 0 Å². The zero-order chi connectivity index (χ0) is 21.6. The number of benzene rings is 2. The Kier molecular flexibility index (Phi) is 7.08. The SMILES string of the molecule is CC(NC(=O)N1C(=O)CC1C(=O)O)c1ccccc1.Cc1cccc(C(=N)N)c1. The highest BCUT2D eigenvalue weighted by Crippen LogP contribution is 2.21. The number of nitrogens with zero attached hydrogens (tertiary/aromatic N) is 1. The molecule has 2 unspecified atom stereocenters. The number of β-lactam (4-membered cyclic amide) rings is 1. The summed E-state index contributed by atoms with van der Waals surface area (Å²) < 4.78 is 0. The molecule has 1 heterocycles. The van der Waals surface area contributed by atoms with Gasteiger partial charge in [0, 0.05) is 5.56 Å². The number of nitrogen functional groups attached to an aromatic ring is 1. The van der Waals surface area contributed by atoms with E-state index in [2.05, 4.69) is 5.32 Å². The molecule has 3 amide bonds. The van der Waals surface area contributed by atoms with Crippen LogP contribution in [-0.2, 0) is 9.59 Å². The van der Waals surface area contributed by atoms with Gasteiger partial charge in [0.25, 0.3) is 0 Å². The number of carbonyl (C=O) groups excluding carboxylic acids is 2. The molecule has 2 aromatic carbocycles. The molecule has 3 rings (SSSR count). The Labute approximate surface area is 168 Å². The summed E-state index contributed by atoms with van der Waals surface area (Å²) in [5, 5.41) is 18.6. The van der Waals surface area contributed by atoms with Crippen LogP contribution in [0.1, 0.15) is 36.1 Å². The minimum atomic E-state index is -1.16. The molecule has 0 spiro atoms. The Morgan fingerprint density at radius 1 is 1.21 bits per heavy atom. The van der Waals surface area contributed by atoms with Crippen molar-refractivity contribution in [3.8, 4) is 0 Å². The first-order valence-electron chi connectivity index (χ1n) is 9.02. The molecule has 1 fully saturated rings. The van der Waals surface area contributed by atoms with Crippen LogP contribution in [0.3, 0.4) is 0 Å². The Morgan fingerprint density at radius 2 is 1.86 bits per heavy atom. The van der Waals surface area contributed by atoms with Crippen molar-refractivity contribution in [2.24, 2.45) is 5.73 Å². The number of likely N-dealkylation sites (tertiary alicyclic amines) is 1. The highest BCUT2D eigenvalue weighted by molar-refractivity contribution is 6.05. The molecule has 0 bridgehead atoms. The van der Waals surface area contributed by atoms with Gasteiger partial charge >= 0.3 is 12.0 Å². The monoisotopic (exact) mass is 396 g/mol. The smallest absolute Gasteiger partial charge is 0.327 e. The van der Waals surface area contributed by atoms with Crippen LogP contribution in [0.15, 0.2) is 54.6 Å². The first-order chi connectivity index (χ1) is 13.7. The fraction of sp³-hybridized carbons (Fsp3) is 0.238. The van der Waals surface area contributed by atoms with Crippen molar-refractivity contribution in [1.29, 1.82) is 5.41 Å². The number of hydrogen-bond donors (Lipinski definition) is 4. The van der Waals surface area contributed by atoms with Gasteiger partial charge in [0.05, 0.1) is 12.5 Å². The number of amidine groups is 1. The van der Waals surface area contributed by atoms with Crippen molar-refractivity contribution in [1.82, 2.24) is 10.2 Å². The number of carbonyl (C=O) groups is 3. The van der Waals surface area contributed by atoms with Gasteiger partial charge in [-0.05, 0) is 25.5 Å². The van der Waals surface area contributed by atoms with Gasteiger partial charge in [-0.25, -0.2) is 14.5 Å². The van der Waals surface area contributed by atoms with Gasteiger partial charge in [0.2, 0.25) is 5.91 Å². The molecule has 152 valence electrons. The zero-order valence-corrected chi connectivity index (χ0v) is 16.3. The number of carboxylic acids is 1. The van der Waals surface area contributed by atoms with E-state index in [4.69, 9.17) is 16.2 Å². The Morgan fingerprint density at radius 3 is 2.34 bits per heavy atom. The van der Waals surface area contributed by atoms with Gasteiger partial charge in [0.15, 0.2) is 0 Å². The fourth-order valence-corrected chi connectivity index (χ4v) is 2.76. The average Bonchev–Trinajstić information content (AvgIpc) is 2.66. The molecule has 0 aromatic heterocycles. The zero-order valence-electron chi connectivity index (χ0n) is 16.3. The third-order valence-corrected chi connectivity index (χ3v) is 4.42. The van der Waals surface area contributed by atoms with Crippen molar-refractivity contribution in [2.75, 3.05) is 0 Å². The molecule has 2 atom stereocenters. The number of imide groups is 1. The largest absolute Gasteiger partial charge is 0.480 e. The second kappa shape index (κ2) is 9.50. The van der Waals surface area contributed by atoms with E-state index < -0.39 is 23.9 Å². The van der Waals surface area contributed by atoms with E-state index in [0.717, 1.165) is 21.6 Å². The van der Waals surface area contributed by atoms with Crippen molar-refractivity contribution in [2.45, 2.75) is 32.4 Å². The van der Waals surface area contributed by atoms with Crippen LogP contribution in [0.5, 0.6) is 0 Å². The predicted octanol–water partition coefficient (Wildman–Crippen LogP) is 2.42. The van der Waals surface area contributed by atoms with E-state index in [-0.39, 0.29) is 18.3 Å². The van der Waals surface area contributed by atoms with Crippen molar-refractivity contribution in [3.05, 3.63) is 71.3 Å². The molecule has 1 aliphatic heterocycles. The summed E-state index contributed by atoms with van der Waals surface area (Å²) >= 11 is 0. The highest BCUT2D eigenvalue weighted by Gasteiger charge is 2.45. The molecule has 0 radical (unpaired) electrons. The van der Waals surface area contributed by atoms with E-state index in [9.17, 15) is 14.4 Å². The number of urea groups is 1. The standard InChI is InChI=1S/C13H14N2O4.C8H10N2/c1-8(9-5-3-2-4-6-9)14-13(19)15-10(12(17)18)7-11(15)16;1-6-3-2-4-7(5-6)8(9)10/h2-6,8,10H,7H2,1H3,(H,14,19)(H,17,18);2-5H,1H3,(H3,9,10). The summed E-state index contributed by atoms with van der Waals surface area (Å²) in [6, 6.07) is 14.8. The molecule has 8 nitrogen and oxygen atoms in total. The lowest BCUT2D eigenvalue weighted by Gasteiger charge is -2.36. The second-order valence-electron chi connectivity index (χ2n) is 6.69. The normalized spacial score (nSPS) is 16.0. The van der Waals surface area contributed by atoms with Crippen LogP contribution in [0.2, 0.25) is 0 Å². The van der Waals surface area contributed by atoms with Crippen molar-refractivity contribution in [3.63, 3.8) is 0 Å². The molecule has 0 aliphatic carbocycles. The van der Waals surface area contributed by atoms with Gasteiger partial charge < -0.3 is 16.2 Å². The van der Waals surface area contributed by atoms with Gasteiger partial charge in [-0.1, -0.05) is 54.1 Å². The molecule has 5 N–H and O–H groups in total. The Balaban J connectivity index is 0.000000253. The minimum absolute atomic E-state index is 0.123. The quantitative estimate of drug-likeness (QED) is 0.357. The highest BCUT2D eigenvalue weighted by atomic mass is 16.4. The molecule has 8 heteroatoms. The predicted molar refractivity (Wildman–Crippen MR) is 108 cm³/mol. The fourth-order valence-electron chi connectivity index (χ4n) is 2.76. The number of aliphatic carboxylic acids is 1. The number of hydrogen-bond acceptors (Lipinski definition) is 4. The van der Waals surface area contributed by atoms with Gasteiger partial charge in [0.1, 0.15) is 11.9 Å². The number of nitrogens with one attached hydrogen (secondary N) is 2. The number of rotatable bonds is 4. The van der Waals surface area contributed by atoms with Crippen molar-refractivity contribution >= 4 is 23.7 Å². The first kappa shape index (κ1) is 21.6. The van der Waals surface area contributed by atoms with Crippen molar-refractivity contribution < 1.29 is 19.5 Å².